The molecule has 3 aliphatic heterocycles. The van der Waals surface area contributed by atoms with Gasteiger partial charge < -0.3 is 67.4 Å². The third kappa shape index (κ3) is 16.1. The van der Waals surface area contributed by atoms with Gasteiger partial charge in [-0.2, -0.15) is 8.42 Å². The van der Waals surface area contributed by atoms with Gasteiger partial charge in [0, 0.05) is 0 Å². The van der Waals surface area contributed by atoms with Crippen LogP contribution in [-0.4, -0.2) is 140 Å². The van der Waals surface area contributed by atoms with Gasteiger partial charge in [-0.05, 0) is 34.7 Å². The van der Waals surface area contributed by atoms with Gasteiger partial charge in [-0.1, -0.05) is 158 Å². The average molecular weight is 1060 g/mol. The molecule has 15 atom stereocenters. The van der Waals surface area contributed by atoms with Gasteiger partial charge in [-0.3, -0.25) is 4.55 Å². The van der Waals surface area contributed by atoms with Gasteiger partial charge in [-0.15, -0.1) is 6.58 Å². The number of aliphatic hydroxyl groups excluding tert-OH is 3. The summed E-state index contributed by atoms with van der Waals surface area (Å²) in [6.07, 6.45) is -18.7. The van der Waals surface area contributed by atoms with Crippen molar-refractivity contribution in [1.29, 1.82) is 0 Å². The van der Waals surface area contributed by atoms with E-state index in [0.717, 1.165) is 27.8 Å². The number of benzene rings is 5. The summed E-state index contributed by atoms with van der Waals surface area (Å²) < 4.78 is 111. The van der Waals surface area contributed by atoms with Crippen molar-refractivity contribution < 1.29 is 84.6 Å². The maximum atomic E-state index is 11.7. The van der Waals surface area contributed by atoms with E-state index in [1.165, 1.54) is 6.08 Å². The first-order valence-electron chi connectivity index (χ1n) is 24.8. The van der Waals surface area contributed by atoms with Crippen LogP contribution in [0.2, 0.25) is 0 Å². The molecule has 0 radical (unpaired) electrons. The van der Waals surface area contributed by atoms with Gasteiger partial charge in [-0.25, -0.2) is 4.18 Å². The summed E-state index contributed by atoms with van der Waals surface area (Å²) >= 11 is 0. The van der Waals surface area contributed by atoms with E-state index in [0.29, 0.717) is 0 Å². The molecule has 3 aliphatic rings. The SMILES string of the molecule is C=CCO[C@@H]1O[C@H](COCc2ccccc2)[C@@H](O[C@@H]2O[C@@H](C)[C@@H](OCc3ccccc3)[C@@H](OCc3ccccc3)[C@@H]2OCc2ccccc2)[C@H](O[C@@H]2O[C@H](COS(=O)(=O)O)[C@H](O)[C@H](O)[C@H]2O)[C@H]1OCc1ccccc1. The van der Waals surface area contributed by atoms with Gasteiger partial charge in [0.25, 0.3) is 0 Å². The second kappa shape index (κ2) is 28.0. The Labute approximate surface area is 437 Å². The summed E-state index contributed by atoms with van der Waals surface area (Å²) in [6.45, 7) is 5.20. The Balaban J connectivity index is 1.20. The predicted octanol–water partition coefficient (Wildman–Crippen LogP) is 5.61. The van der Waals surface area contributed by atoms with Crippen molar-refractivity contribution in [3.8, 4) is 0 Å². The van der Waals surface area contributed by atoms with Crippen LogP contribution in [0.4, 0.5) is 0 Å². The molecular formula is C56H66O18S. The van der Waals surface area contributed by atoms with E-state index < -0.39 is 109 Å². The zero-order chi connectivity index (χ0) is 52.6. The zero-order valence-corrected chi connectivity index (χ0v) is 42.3. The van der Waals surface area contributed by atoms with Crippen molar-refractivity contribution in [1.82, 2.24) is 0 Å². The normalized spacial score (nSPS) is 30.2. The molecule has 0 unspecified atom stereocenters. The largest absolute Gasteiger partial charge is 0.397 e. The highest BCUT2D eigenvalue weighted by Crippen LogP contribution is 2.38. The highest BCUT2D eigenvalue weighted by molar-refractivity contribution is 7.80. The molecular weight excluding hydrogens is 993 g/mol. The molecule has 0 aromatic heterocycles. The lowest BCUT2D eigenvalue weighted by molar-refractivity contribution is -0.393. The lowest BCUT2D eigenvalue weighted by Crippen LogP contribution is -2.67. The Morgan fingerprint density at radius 1 is 0.467 bits per heavy atom. The molecule has 0 bridgehead atoms. The summed E-state index contributed by atoms with van der Waals surface area (Å²) in [6, 6.07) is 47.7. The van der Waals surface area contributed by atoms with Crippen LogP contribution in [0, 0.1) is 0 Å². The van der Waals surface area contributed by atoms with Crippen molar-refractivity contribution >= 4 is 10.4 Å². The topological polar surface area (TPSA) is 226 Å². The minimum Gasteiger partial charge on any atom is -0.387 e. The third-order valence-electron chi connectivity index (χ3n) is 12.9. The van der Waals surface area contributed by atoms with Crippen LogP contribution < -0.4 is 0 Å². The van der Waals surface area contributed by atoms with Crippen molar-refractivity contribution in [2.75, 3.05) is 19.8 Å². The van der Waals surface area contributed by atoms with E-state index in [1.54, 1.807) is 0 Å². The molecule has 0 amide bonds. The smallest absolute Gasteiger partial charge is 0.387 e. The molecule has 3 saturated heterocycles. The van der Waals surface area contributed by atoms with Crippen LogP contribution >= 0.6 is 0 Å². The van der Waals surface area contributed by atoms with E-state index in [1.807, 2.05) is 159 Å². The second-order valence-corrected chi connectivity index (χ2v) is 19.4. The Kier molecular flexibility index (Phi) is 21.0. The zero-order valence-electron chi connectivity index (χ0n) is 41.4. The van der Waals surface area contributed by atoms with Crippen LogP contribution in [-0.2, 0) is 99.7 Å². The fourth-order valence-corrected chi connectivity index (χ4v) is 9.35. The van der Waals surface area contributed by atoms with Crippen molar-refractivity contribution in [2.45, 2.75) is 132 Å². The minimum absolute atomic E-state index is 0.0135. The summed E-state index contributed by atoms with van der Waals surface area (Å²) in [5.74, 6) is 0. The maximum absolute atomic E-state index is 11.7. The Morgan fingerprint density at radius 2 is 0.893 bits per heavy atom. The lowest BCUT2D eigenvalue weighted by Gasteiger charge is -2.51. The number of hydrogen-bond donors (Lipinski definition) is 4. The molecule has 8 rings (SSSR count). The van der Waals surface area contributed by atoms with E-state index in [9.17, 15) is 28.3 Å². The average Bonchev–Trinajstić information content (AvgIpc) is 3.43. The lowest BCUT2D eigenvalue weighted by atomic mass is 9.95. The van der Waals surface area contributed by atoms with E-state index >= 15 is 0 Å². The molecule has 0 saturated carbocycles. The van der Waals surface area contributed by atoms with Crippen molar-refractivity contribution in [3.63, 3.8) is 0 Å². The molecule has 0 aliphatic carbocycles. The van der Waals surface area contributed by atoms with Crippen LogP contribution in [0.1, 0.15) is 34.7 Å². The predicted molar refractivity (Wildman–Crippen MR) is 269 cm³/mol. The summed E-state index contributed by atoms with van der Waals surface area (Å²) in [7, 11) is -5.04. The van der Waals surface area contributed by atoms with Crippen LogP contribution in [0.5, 0.6) is 0 Å². The minimum atomic E-state index is -5.04. The third-order valence-corrected chi connectivity index (χ3v) is 13.3. The summed E-state index contributed by atoms with van der Waals surface area (Å²) in [5.41, 5.74) is 4.30. The Morgan fingerprint density at radius 3 is 1.37 bits per heavy atom. The number of aliphatic hydroxyl groups is 3. The van der Waals surface area contributed by atoms with Crippen molar-refractivity contribution in [2.24, 2.45) is 0 Å². The molecule has 5 aromatic carbocycles. The van der Waals surface area contributed by atoms with E-state index in [2.05, 4.69) is 10.8 Å². The highest BCUT2D eigenvalue weighted by atomic mass is 32.3. The fourth-order valence-electron chi connectivity index (χ4n) is 9.05. The quantitative estimate of drug-likeness (QED) is 0.0390. The molecule has 4 N–H and O–H groups in total. The number of hydrogen-bond acceptors (Lipinski definition) is 17. The molecule has 3 fully saturated rings. The van der Waals surface area contributed by atoms with Gasteiger partial charge in [0.15, 0.2) is 18.9 Å². The number of ether oxygens (including phenoxy) is 11. The van der Waals surface area contributed by atoms with Crippen LogP contribution in [0.15, 0.2) is 164 Å². The van der Waals surface area contributed by atoms with Crippen LogP contribution in [0.3, 0.4) is 0 Å². The second-order valence-electron chi connectivity index (χ2n) is 18.3. The standard InChI is InChI=1S/C56H66O18S/c1-3-29-64-55-53(68-34-42-27-17-8-18-28-42)51(74-54-47(59)46(58)45(57)43(71-54)36-69-75(60,61)62)49(44(72-55)35-63-30-38-19-9-4-10-20-38)73-56-52(67-33-41-25-15-7-16-26-41)50(66-32-40-23-13-6-14-24-40)48(37(2)70-56)65-31-39-21-11-5-12-22-39/h3-28,37,43-59H,1,29-36H2,2H3,(H,60,61,62)/t37-,43+,44+,45-,46-,47+,48+,49+,50+,51-,52-,53+,54-,55+,56-/m0/s1. The van der Waals surface area contributed by atoms with Gasteiger partial charge in [0.05, 0.1) is 59.0 Å². The molecule has 3 heterocycles. The number of rotatable bonds is 26. The molecule has 18 nitrogen and oxygen atoms in total. The Bertz CT molecular complexity index is 2530. The fraction of sp³-hybridized carbons (Fsp3) is 0.429. The van der Waals surface area contributed by atoms with Gasteiger partial charge >= 0.3 is 10.4 Å². The molecule has 19 heteroatoms. The first-order chi connectivity index (χ1) is 36.4. The highest BCUT2D eigenvalue weighted by Gasteiger charge is 2.56. The molecule has 404 valence electrons. The monoisotopic (exact) mass is 1060 g/mol. The Hall–Kier alpha value is -4.85. The maximum Gasteiger partial charge on any atom is 0.397 e. The molecule has 0 spiro atoms. The molecule has 5 aromatic rings. The summed E-state index contributed by atoms with van der Waals surface area (Å²) in [4.78, 5) is 0. The summed E-state index contributed by atoms with van der Waals surface area (Å²) in [5, 5.41) is 33.8. The van der Waals surface area contributed by atoms with Gasteiger partial charge in [0.1, 0.15) is 67.1 Å². The first kappa shape index (κ1) is 56.4. The van der Waals surface area contributed by atoms with Gasteiger partial charge in [0.2, 0.25) is 0 Å². The van der Waals surface area contributed by atoms with Crippen LogP contribution in [0.25, 0.3) is 0 Å². The first-order valence-corrected chi connectivity index (χ1v) is 26.2. The van der Waals surface area contributed by atoms with E-state index in [-0.39, 0.29) is 46.2 Å². The van der Waals surface area contributed by atoms with E-state index in [4.69, 9.17) is 52.1 Å². The molecule has 75 heavy (non-hydrogen) atoms. The van der Waals surface area contributed by atoms with Crippen molar-refractivity contribution in [3.05, 3.63) is 192 Å².